The Morgan fingerprint density at radius 2 is 1.84 bits per heavy atom. The van der Waals surface area contributed by atoms with E-state index in [9.17, 15) is 18.0 Å². The zero-order chi connectivity index (χ0) is 22.4. The van der Waals surface area contributed by atoms with Crippen molar-refractivity contribution in [3.05, 3.63) is 82.6 Å². The molecular weight excluding hydrogens is 403 g/mol. The number of carbonyl (C=O) groups is 1. The molecule has 4 rings (SSSR count). The largest absolute Gasteiger partial charge is 0.416 e. The number of halogens is 3. The average molecular weight is 427 g/mol. The minimum absolute atomic E-state index is 0.266. The van der Waals surface area contributed by atoms with E-state index in [1.807, 2.05) is 51.1 Å². The molecule has 0 spiro atoms. The number of hydrogen-bond acceptors (Lipinski definition) is 3. The average Bonchev–Trinajstić information content (AvgIpc) is 2.90. The van der Waals surface area contributed by atoms with E-state index < -0.39 is 23.3 Å². The van der Waals surface area contributed by atoms with Crippen LogP contribution in [0.1, 0.15) is 43.5 Å². The molecule has 2 heterocycles. The number of likely N-dealkylation sites (tertiary alicyclic amines) is 1. The van der Waals surface area contributed by atoms with Gasteiger partial charge in [-0.05, 0) is 44.0 Å². The second-order valence-corrected chi connectivity index (χ2v) is 8.61. The lowest BCUT2D eigenvalue weighted by Gasteiger charge is -2.27. The molecule has 4 nitrogen and oxygen atoms in total. The molecule has 2 aliphatic rings. The van der Waals surface area contributed by atoms with Gasteiger partial charge in [0.15, 0.2) is 0 Å². The minimum atomic E-state index is -4.47. The second kappa shape index (κ2) is 7.55. The lowest BCUT2D eigenvalue weighted by atomic mass is 9.95. The normalized spacial score (nSPS) is 20.8. The van der Waals surface area contributed by atoms with Crippen molar-refractivity contribution in [1.82, 2.24) is 10.2 Å². The molecule has 7 heteroatoms. The number of benzene rings is 2. The van der Waals surface area contributed by atoms with Gasteiger partial charge in [0.2, 0.25) is 0 Å². The van der Waals surface area contributed by atoms with E-state index in [1.54, 1.807) is 11.0 Å². The van der Waals surface area contributed by atoms with Gasteiger partial charge in [-0.25, -0.2) is 0 Å². The van der Waals surface area contributed by atoms with Gasteiger partial charge in [0, 0.05) is 24.4 Å². The molecular formula is C24H24F3N3O. The zero-order valence-corrected chi connectivity index (χ0v) is 17.6. The molecule has 0 saturated carbocycles. The molecule has 0 aliphatic carbocycles. The van der Waals surface area contributed by atoms with Crippen molar-refractivity contribution in [2.45, 2.75) is 45.1 Å². The number of hydrogen-bond donors (Lipinski definition) is 1. The van der Waals surface area contributed by atoms with Crippen LogP contribution in [0.4, 0.5) is 13.2 Å². The summed E-state index contributed by atoms with van der Waals surface area (Å²) in [6.45, 7) is 6.52. The van der Waals surface area contributed by atoms with Gasteiger partial charge in [0.05, 0.1) is 17.1 Å². The van der Waals surface area contributed by atoms with Crippen molar-refractivity contribution in [3.63, 3.8) is 0 Å². The van der Waals surface area contributed by atoms with E-state index >= 15 is 0 Å². The first kappa shape index (κ1) is 21.2. The summed E-state index contributed by atoms with van der Waals surface area (Å²) in [5, 5.41) is 3.32. The van der Waals surface area contributed by atoms with Crippen LogP contribution in [0.2, 0.25) is 0 Å². The topological polar surface area (TPSA) is 44.7 Å². The van der Waals surface area contributed by atoms with Crippen LogP contribution in [0.15, 0.2) is 70.9 Å². The number of amides is 1. The second-order valence-electron chi connectivity index (χ2n) is 8.61. The maximum Gasteiger partial charge on any atom is 0.416 e. The summed E-state index contributed by atoms with van der Waals surface area (Å²) in [4.78, 5) is 19.8. The van der Waals surface area contributed by atoms with Crippen LogP contribution in [0.5, 0.6) is 0 Å². The number of allylic oxidation sites excluding steroid dienone is 1. The number of nitrogens with zero attached hydrogens (tertiary/aromatic N) is 2. The maximum atomic E-state index is 13.5. The molecule has 1 amide bonds. The van der Waals surface area contributed by atoms with Crippen molar-refractivity contribution in [3.8, 4) is 0 Å². The summed E-state index contributed by atoms with van der Waals surface area (Å²) in [6, 6.07) is 14.0. The molecule has 1 saturated heterocycles. The molecule has 2 aromatic rings. The summed E-state index contributed by atoms with van der Waals surface area (Å²) in [5.41, 5.74) is 1.79. The minimum Gasteiger partial charge on any atom is -0.386 e. The SMILES string of the molecule is CC1=C2C(=NC(C)(C)CN1)C(=O)N(Cc1ccccc1)C2c1cccc(C(F)(F)F)c1. The van der Waals surface area contributed by atoms with Crippen molar-refractivity contribution >= 4 is 11.6 Å². The zero-order valence-electron chi connectivity index (χ0n) is 17.6. The Morgan fingerprint density at radius 1 is 1.13 bits per heavy atom. The van der Waals surface area contributed by atoms with Crippen LogP contribution in [-0.2, 0) is 17.5 Å². The summed E-state index contributed by atoms with van der Waals surface area (Å²) in [7, 11) is 0. The monoisotopic (exact) mass is 427 g/mol. The van der Waals surface area contributed by atoms with Gasteiger partial charge in [0.25, 0.3) is 5.91 Å². The fourth-order valence-electron chi connectivity index (χ4n) is 4.11. The highest BCUT2D eigenvalue weighted by Crippen LogP contribution is 2.42. The fraction of sp³-hybridized carbons (Fsp3) is 0.333. The number of fused-ring (bicyclic) bond motifs is 1. The van der Waals surface area contributed by atoms with Gasteiger partial charge in [-0.2, -0.15) is 13.2 Å². The lowest BCUT2D eigenvalue weighted by Crippen LogP contribution is -2.34. The predicted molar refractivity (Wildman–Crippen MR) is 113 cm³/mol. The summed E-state index contributed by atoms with van der Waals surface area (Å²) in [5.74, 6) is -0.266. The lowest BCUT2D eigenvalue weighted by molar-refractivity contribution is -0.137. The number of nitrogens with one attached hydrogen (secondary N) is 1. The number of carbonyl (C=O) groups excluding carboxylic acids is 1. The van der Waals surface area contributed by atoms with Crippen LogP contribution in [-0.4, -0.2) is 28.6 Å². The highest BCUT2D eigenvalue weighted by molar-refractivity contribution is 6.48. The Balaban J connectivity index is 1.88. The Kier molecular flexibility index (Phi) is 5.15. The summed E-state index contributed by atoms with van der Waals surface area (Å²) < 4.78 is 40.3. The van der Waals surface area contributed by atoms with Gasteiger partial charge in [-0.3, -0.25) is 9.79 Å². The third kappa shape index (κ3) is 4.09. The van der Waals surface area contributed by atoms with E-state index in [-0.39, 0.29) is 12.5 Å². The van der Waals surface area contributed by atoms with Crippen LogP contribution in [0.25, 0.3) is 0 Å². The quantitative estimate of drug-likeness (QED) is 0.758. The van der Waals surface area contributed by atoms with Crippen molar-refractivity contribution in [1.29, 1.82) is 0 Å². The molecule has 2 aromatic carbocycles. The molecule has 31 heavy (non-hydrogen) atoms. The molecule has 162 valence electrons. The predicted octanol–water partition coefficient (Wildman–Crippen LogP) is 4.89. The Morgan fingerprint density at radius 3 is 2.52 bits per heavy atom. The van der Waals surface area contributed by atoms with Gasteiger partial charge in [0.1, 0.15) is 5.71 Å². The first-order valence-corrected chi connectivity index (χ1v) is 10.1. The molecule has 1 atom stereocenters. The van der Waals surface area contributed by atoms with Crippen molar-refractivity contribution < 1.29 is 18.0 Å². The third-order valence-electron chi connectivity index (χ3n) is 5.63. The first-order valence-electron chi connectivity index (χ1n) is 10.1. The number of aliphatic imine (C=N–C) groups is 1. The molecule has 1 fully saturated rings. The van der Waals surface area contributed by atoms with Crippen molar-refractivity contribution in [2.24, 2.45) is 4.99 Å². The van der Waals surface area contributed by atoms with E-state index in [4.69, 9.17) is 4.99 Å². The standard InChI is InChI=1S/C24H24F3N3O/c1-15-19-20(29-23(2,3)14-28-15)22(31)30(13-16-8-5-4-6-9-16)21(19)17-10-7-11-18(12-17)24(25,26)27/h4-12,21,28H,13-14H2,1-3H3. The van der Waals surface area contributed by atoms with E-state index in [0.717, 1.165) is 23.4 Å². The van der Waals surface area contributed by atoms with E-state index in [1.165, 1.54) is 6.07 Å². The third-order valence-corrected chi connectivity index (χ3v) is 5.63. The number of alkyl halides is 3. The molecule has 0 bridgehead atoms. The highest BCUT2D eigenvalue weighted by atomic mass is 19.4. The van der Waals surface area contributed by atoms with Crippen LogP contribution in [0.3, 0.4) is 0 Å². The molecule has 0 aromatic heterocycles. The smallest absolute Gasteiger partial charge is 0.386 e. The van der Waals surface area contributed by atoms with Gasteiger partial charge < -0.3 is 10.2 Å². The van der Waals surface area contributed by atoms with Crippen molar-refractivity contribution in [2.75, 3.05) is 6.54 Å². The van der Waals surface area contributed by atoms with E-state index in [2.05, 4.69) is 5.32 Å². The Bertz CT molecular complexity index is 1070. The Labute approximate surface area is 179 Å². The van der Waals surface area contributed by atoms with Gasteiger partial charge in [-0.1, -0.05) is 42.5 Å². The molecule has 1 N–H and O–H groups in total. The molecule has 2 aliphatic heterocycles. The fourth-order valence-corrected chi connectivity index (χ4v) is 4.11. The first-order chi connectivity index (χ1) is 14.6. The highest BCUT2D eigenvalue weighted by Gasteiger charge is 2.45. The summed E-state index contributed by atoms with van der Waals surface area (Å²) >= 11 is 0. The van der Waals surface area contributed by atoms with Crippen LogP contribution in [0, 0.1) is 0 Å². The number of rotatable bonds is 3. The van der Waals surface area contributed by atoms with Crippen LogP contribution >= 0.6 is 0 Å². The van der Waals surface area contributed by atoms with Crippen LogP contribution < -0.4 is 5.32 Å². The maximum absolute atomic E-state index is 13.5. The molecule has 1 unspecified atom stereocenters. The van der Waals surface area contributed by atoms with Gasteiger partial charge in [-0.15, -0.1) is 0 Å². The molecule has 0 radical (unpaired) electrons. The van der Waals surface area contributed by atoms with Gasteiger partial charge >= 0.3 is 6.18 Å². The van der Waals surface area contributed by atoms with E-state index in [0.29, 0.717) is 23.4 Å². The summed E-state index contributed by atoms with van der Waals surface area (Å²) in [6.07, 6.45) is -4.47. The Hall–Kier alpha value is -3.09.